The molecule has 2 rings (SSSR count). The van der Waals surface area contributed by atoms with Crippen molar-refractivity contribution in [1.82, 2.24) is 4.98 Å². The summed E-state index contributed by atoms with van der Waals surface area (Å²) in [5.41, 5.74) is 6.76. The van der Waals surface area contributed by atoms with Crippen LogP contribution in [0.25, 0.3) is 0 Å². The number of ether oxygens (including phenoxy) is 1. The van der Waals surface area contributed by atoms with Gasteiger partial charge in [0.25, 0.3) is 0 Å². The Morgan fingerprint density at radius 3 is 3.27 bits per heavy atom. The van der Waals surface area contributed by atoms with E-state index in [9.17, 15) is 0 Å². The zero-order chi connectivity index (χ0) is 7.84. The average Bonchev–Trinajstić information content (AvgIpc) is 2.35. The number of nitrogens with two attached hydrogens (primary N) is 1. The molecule has 3 nitrogen and oxygen atoms in total. The van der Waals surface area contributed by atoms with Gasteiger partial charge in [-0.15, -0.1) is 0 Å². The molecule has 0 bridgehead atoms. The SMILES string of the molecule is Nc1nccc2c1OCC2I. The summed E-state index contributed by atoms with van der Waals surface area (Å²) in [6.07, 6.45) is 1.72. The molecule has 0 saturated heterocycles. The van der Waals surface area contributed by atoms with Crippen LogP contribution in [-0.2, 0) is 0 Å². The summed E-state index contributed by atoms with van der Waals surface area (Å²) in [6, 6.07) is 1.95. The minimum absolute atomic E-state index is 0.424. The molecule has 1 aromatic heterocycles. The van der Waals surface area contributed by atoms with Crippen molar-refractivity contribution in [2.75, 3.05) is 12.3 Å². The number of fused-ring (bicyclic) bond motifs is 1. The van der Waals surface area contributed by atoms with Crippen LogP contribution in [0.15, 0.2) is 12.3 Å². The summed E-state index contributed by atoms with van der Waals surface area (Å²) in [6.45, 7) is 0.714. The van der Waals surface area contributed by atoms with Gasteiger partial charge in [-0.1, -0.05) is 22.6 Å². The number of nitrogens with zero attached hydrogens (tertiary/aromatic N) is 1. The zero-order valence-electron chi connectivity index (χ0n) is 5.75. The fraction of sp³-hybridized carbons (Fsp3) is 0.286. The topological polar surface area (TPSA) is 48.1 Å². The Morgan fingerprint density at radius 2 is 2.55 bits per heavy atom. The van der Waals surface area contributed by atoms with E-state index in [2.05, 4.69) is 27.6 Å². The number of rotatable bonds is 0. The first-order valence-corrected chi connectivity index (χ1v) is 4.55. The Hall–Kier alpha value is -0.520. The molecular formula is C7H7IN2O. The van der Waals surface area contributed by atoms with Crippen LogP contribution in [0, 0.1) is 0 Å². The molecule has 0 saturated carbocycles. The lowest BCUT2D eigenvalue weighted by molar-refractivity contribution is 0.358. The second-order valence-electron chi connectivity index (χ2n) is 2.39. The van der Waals surface area contributed by atoms with Crippen molar-refractivity contribution in [2.24, 2.45) is 0 Å². The van der Waals surface area contributed by atoms with Gasteiger partial charge in [0.05, 0.1) is 3.92 Å². The normalized spacial score (nSPS) is 21.0. The van der Waals surface area contributed by atoms with Gasteiger partial charge in [0.15, 0.2) is 11.6 Å². The molecule has 11 heavy (non-hydrogen) atoms. The molecule has 0 amide bonds. The van der Waals surface area contributed by atoms with E-state index >= 15 is 0 Å². The highest BCUT2D eigenvalue weighted by atomic mass is 127. The van der Waals surface area contributed by atoms with Gasteiger partial charge in [0, 0.05) is 11.8 Å². The second-order valence-corrected chi connectivity index (χ2v) is 3.90. The van der Waals surface area contributed by atoms with E-state index in [1.807, 2.05) is 6.07 Å². The van der Waals surface area contributed by atoms with Crippen molar-refractivity contribution in [2.45, 2.75) is 3.92 Å². The second kappa shape index (κ2) is 2.51. The molecule has 0 spiro atoms. The van der Waals surface area contributed by atoms with Gasteiger partial charge in [0.1, 0.15) is 6.61 Å². The number of alkyl halides is 1. The van der Waals surface area contributed by atoms with Crippen LogP contribution >= 0.6 is 22.6 Å². The van der Waals surface area contributed by atoms with Gasteiger partial charge in [-0.25, -0.2) is 4.98 Å². The minimum atomic E-state index is 0.424. The number of aromatic nitrogens is 1. The van der Waals surface area contributed by atoms with Crippen LogP contribution in [0.5, 0.6) is 5.75 Å². The molecule has 1 aliphatic rings. The fourth-order valence-corrected chi connectivity index (χ4v) is 1.80. The molecule has 0 aromatic carbocycles. The van der Waals surface area contributed by atoms with E-state index in [1.54, 1.807) is 6.20 Å². The molecular weight excluding hydrogens is 255 g/mol. The maximum Gasteiger partial charge on any atom is 0.166 e. The van der Waals surface area contributed by atoms with Gasteiger partial charge in [0.2, 0.25) is 0 Å². The molecule has 2 N–H and O–H groups in total. The number of pyridine rings is 1. The molecule has 1 unspecified atom stereocenters. The highest BCUT2D eigenvalue weighted by Crippen LogP contribution is 2.40. The lowest BCUT2D eigenvalue weighted by Crippen LogP contribution is -1.93. The zero-order valence-corrected chi connectivity index (χ0v) is 7.91. The quantitative estimate of drug-likeness (QED) is 0.569. The summed E-state index contributed by atoms with van der Waals surface area (Å²) in [5.74, 6) is 1.27. The molecule has 2 heterocycles. The molecule has 58 valence electrons. The molecule has 0 fully saturated rings. The first kappa shape index (κ1) is 7.15. The summed E-state index contributed by atoms with van der Waals surface area (Å²) in [5, 5.41) is 0. The van der Waals surface area contributed by atoms with Crippen LogP contribution in [0.2, 0.25) is 0 Å². The van der Waals surface area contributed by atoms with Crippen LogP contribution in [0.1, 0.15) is 9.49 Å². The highest BCUT2D eigenvalue weighted by molar-refractivity contribution is 14.1. The van der Waals surface area contributed by atoms with E-state index in [0.717, 1.165) is 11.3 Å². The Labute approximate surface area is 78.1 Å². The van der Waals surface area contributed by atoms with Gasteiger partial charge >= 0.3 is 0 Å². The van der Waals surface area contributed by atoms with Crippen molar-refractivity contribution in [1.29, 1.82) is 0 Å². The van der Waals surface area contributed by atoms with Crippen molar-refractivity contribution < 1.29 is 4.74 Å². The number of hydrogen-bond acceptors (Lipinski definition) is 3. The Balaban J connectivity index is 2.57. The van der Waals surface area contributed by atoms with Gasteiger partial charge < -0.3 is 10.5 Å². The van der Waals surface area contributed by atoms with Crippen molar-refractivity contribution in [3.8, 4) is 5.75 Å². The summed E-state index contributed by atoms with van der Waals surface area (Å²) < 4.78 is 5.77. The van der Waals surface area contributed by atoms with Gasteiger partial charge in [-0.05, 0) is 6.07 Å². The Morgan fingerprint density at radius 1 is 1.73 bits per heavy atom. The number of halogens is 1. The van der Waals surface area contributed by atoms with E-state index in [1.165, 1.54) is 0 Å². The van der Waals surface area contributed by atoms with Crippen molar-refractivity contribution in [3.63, 3.8) is 0 Å². The summed E-state index contributed by atoms with van der Waals surface area (Å²) in [7, 11) is 0. The minimum Gasteiger partial charge on any atom is -0.488 e. The number of hydrogen-bond donors (Lipinski definition) is 1. The van der Waals surface area contributed by atoms with Crippen LogP contribution in [0.4, 0.5) is 5.82 Å². The van der Waals surface area contributed by atoms with Crippen molar-refractivity contribution in [3.05, 3.63) is 17.8 Å². The lowest BCUT2D eigenvalue weighted by Gasteiger charge is -1.99. The predicted octanol–water partition coefficient (Wildman–Crippen LogP) is 1.53. The van der Waals surface area contributed by atoms with E-state index in [0.29, 0.717) is 16.3 Å². The largest absolute Gasteiger partial charge is 0.488 e. The first-order chi connectivity index (χ1) is 5.29. The van der Waals surface area contributed by atoms with Crippen LogP contribution in [-0.4, -0.2) is 11.6 Å². The van der Waals surface area contributed by atoms with Crippen LogP contribution < -0.4 is 10.5 Å². The van der Waals surface area contributed by atoms with E-state index in [-0.39, 0.29) is 0 Å². The summed E-state index contributed by atoms with van der Waals surface area (Å²) in [4.78, 5) is 3.93. The molecule has 0 aliphatic carbocycles. The average molecular weight is 262 g/mol. The van der Waals surface area contributed by atoms with Gasteiger partial charge in [-0.3, -0.25) is 0 Å². The van der Waals surface area contributed by atoms with E-state index < -0.39 is 0 Å². The molecule has 1 atom stereocenters. The maximum atomic E-state index is 5.59. The monoisotopic (exact) mass is 262 g/mol. The third-order valence-corrected chi connectivity index (χ3v) is 2.70. The Bertz CT molecular complexity index is 290. The molecule has 1 aliphatic heterocycles. The van der Waals surface area contributed by atoms with E-state index in [4.69, 9.17) is 10.5 Å². The number of anilines is 1. The van der Waals surface area contributed by atoms with Crippen molar-refractivity contribution >= 4 is 28.4 Å². The maximum absolute atomic E-state index is 5.59. The third kappa shape index (κ3) is 1.05. The van der Waals surface area contributed by atoms with Gasteiger partial charge in [-0.2, -0.15) is 0 Å². The Kier molecular flexibility index (Phi) is 1.63. The number of nitrogen functional groups attached to an aromatic ring is 1. The highest BCUT2D eigenvalue weighted by Gasteiger charge is 2.23. The lowest BCUT2D eigenvalue weighted by atomic mass is 10.2. The molecule has 0 radical (unpaired) electrons. The first-order valence-electron chi connectivity index (χ1n) is 3.30. The predicted molar refractivity (Wildman–Crippen MR) is 50.9 cm³/mol. The molecule has 1 aromatic rings. The fourth-order valence-electron chi connectivity index (χ4n) is 1.13. The van der Waals surface area contributed by atoms with Crippen LogP contribution in [0.3, 0.4) is 0 Å². The molecule has 4 heteroatoms. The standard InChI is InChI=1S/C7H7IN2O/c8-5-3-11-6-4(5)1-2-10-7(6)9/h1-2,5H,3H2,(H2,9,10). The summed E-state index contributed by atoms with van der Waals surface area (Å²) >= 11 is 2.33. The third-order valence-electron chi connectivity index (χ3n) is 1.67. The smallest absolute Gasteiger partial charge is 0.166 e.